The molecule has 0 unspecified atom stereocenters. The Morgan fingerprint density at radius 3 is 2.29 bits per heavy atom. The molecule has 2 rings (SSSR count). The van der Waals surface area contributed by atoms with Crippen LogP contribution in [-0.2, 0) is 0 Å². The van der Waals surface area contributed by atoms with Crippen molar-refractivity contribution in [2.45, 2.75) is 19.8 Å². The van der Waals surface area contributed by atoms with Crippen LogP contribution in [-0.4, -0.2) is 14.2 Å². The van der Waals surface area contributed by atoms with Crippen LogP contribution in [0.2, 0.25) is 0 Å². The summed E-state index contributed by atoms with van der Waals surface area (Å²) >= 11 is 0. The fraction of sp³-hybridized carbons (Fsp3) is 0.333. The van der Waals surface area contributed by atoms with E-state index in [-0.39, 0.29) is 0 Å². The molecule has 2 nitrogen and oxygen atoms in total. The van der Waals surface area contributed by atoms with E-state index in [1.54, 1.807) is 14.2 Å². The Morgan fingerprint density at radius 2 is 1.71 bits per heavy atom. The predicted molar refractivity (Wildman–Crippen MR) is 71.1 cm³/mol. The maximum atomic E-state index is 5.58. The van der Waals surface area contributed by atoms with E-state index in [0.29, 0.717) is 5.92 Å². The minimum atomic E-state index is 0.430. The van der Waals surface area contributed by atoms with Gasteiger partial charge in [0.2, 0.25) is 0 Å². The second-order valence-corrected chi connectivity index (χ2v) is 4.40. The highest BCUT2D eigenvalue weighted by molar-refractivity contribution is 5.95. The highest BCUT2D eigenvalue weighted by atomic mass is 16.5. The Bertz CT molecular complexity index is 530. The molecule has 0 aliphatic heterocycles. The largest absolute Gasteiger partial charge is 0.496 e. The zero-order valence-electron chi connectivity index (χ0n) is 10.8. The summed E-state index contributed by atoms with van der Waals surface area (Å²) < 4.78 is 11.0. The summed E-state index contributed by atoms with van der Waals surface area (Å²) in [5.74, 6) is 2.22. The Morgan fingerprint density at radius 1 is 0.941 bits per heavy atom. The van der Waals surface area contributed by atoms with Crippen molar-refractivity contribution in [1.82, 2.24) is 0 Å². The fourth-order valence-corrected chi connectivity index (χ4v) is 2.17. The van der Waals surface area contributed by atoms with Gasteiger partial charge in [-0.1, -0.05) is 38.1 Å². The molecular formula is C15H18O2. The molecular weight excluding hydrogens is 212 g/mol. The van der Waals surface area contributed by atoms with E-state index in [2.05, 4.69) is 32.0 Å². The third-order valence-corrected chi connectivity index (χ3v) is 3.04. The average Bonchev–Trinajstić information content (AvgIpc) is 2.36. The minimum Gasteiger partial charge on any atom is -0.496 e. The molecule has 2 heteroatoms. The van der Waals surface area contributed by atoms with E-state index in [9.17, 15) is 0 Å². The molecule has 90 valence electrons. The van der Waals surface area contributed by atoms with E-state index in [0.717, 1.165) is 22.3 Å². The van der Waals surface area contributed by atoms with Crippen LogP contribution in [0.1, 0.15) is 25.3 Å². The molecule has 0 spiro atoms. The topological polar surface area (TPSA) is 18.5 Å². The Balaban J connectivity index is 2.83. The van der Waals surface area contributed by atoms with Crippen LogP contribution >= 0.6 is 0 Å². The summed E-state index contributed by atoms with van der Waals surface area (Å²) in [6, 6.07) is 10.3. The van der Waals surface area contributed by atoms with Crippen molar-refractivity contribution in [2.75, 3.05) is 14.2 Å². The predicted octanol–water partition coefficient (Wildman–Crippen LogP) is 3.98. The van der Waals surface area contributed by atoms with Crippen LogP contribution in [0.25, 0.3) is 10.8 Å². The van der Waals surface area contributed by atoms with Gasteiger partial charge in [0.15, 0.2) is 0 Å². The molecule has 0 aromatic heterocycles. The van der Waals surface area contributed by atoms with Crippen molar-refractivity contribution in [3.05, 3.63) is 35.9 Å². The van der Waals surface area contributed by atoms with E-state index in [1.807, 2.05) is 12.1 Å². The highest BCUT2D eigenvalue weighted by Crippen LogP contribution is 2.39. The van der Waals surface area contributed by atoms with Gasteiger partial charge in [0.25, 0.3) is 0 Å². The standard InChI is InChI=1S/C15H18O2/c1-10(2)12-9-8-11-6-5-7-13(16-3)14(11)15(12)17-4/h5-10H,1-4H3. The first-order valence-electron chi connectivity index (χ1n) is 5.82. The summed E-state index contributed by atoms with van der Waals surface area (Å²) in [6.45, 7) is 4.33. The lowest BCUT2D eigenvalue weighted by Gasteiger charge is -2.16. The second-order valence-electron chi connectivity index (χ2n) is 4.40. The maximum absolute atomic E-state index is 5.58. The molecule has 17 heavy (non-hydrogen) atoms. The van der Waals surface area contributed by atoms with Gasteiger partial charge in [0, 0.05) is 0 Å². The first-order chi connectivity index (χ1) is 8.19. The van der Waals surface area contributed by atoms with E-state index in [1.165, 1.54) is 5.56 Å². The van der Waals surface area contributed by atoms with Crippen LogP contribution in [0.4, 0.5) is 0 Å². The highest BCUT2D eigenvalue weighted by Gasteiger charge is 2.14. The zero-order chi connectivity index (χ0) is 12.4. The van der Waals surface area contributed by atoms with Crippen LogP contribution in [0.15, 0.2) is 30.3 Å². The van der Waals surface area contributed by atoms with Crippen molar-refractivity contribution in [3.63, 3.8) is 0 Å². The molecule has 0 saturated heterocycles. The lowest BCUT2D eigenvalue weighted by Crippen LogP contribution is -1.96. The smallest absolute Gasteiger partial charge is 0.133 e. The van der Waals surface area contributed by atoms with Crippen molar-refractivity contribution in [1.29, 1.82) is 0 Å². The van der Waals surface area contributed by atoms with Gasteiger partial charge in [-0.3, -0.25) is 0 Å². The molecule has 0 bridgehead atoms. The van der Waals surface area contributed by atoms with Crippen molar-refractivity contribution < 1.29 is 9.47 Å². The molecule has 0 aliphatic carbocycles. The number of hydrogen-bond acceptors (Lipinski definition) is 2. The van der Waals surface area contributed by atoms with Crippen LogP contribution in [0.3, 0.4) is 0 Å². The maximum Gasteiger partial charge on any atom is 0.133 e. The van der Waals surface area contributed by atoms with Crippen LogP contribution in [0.5, 0.6) is 11.5 Å². The monoisotopic (exact) mass is 230 g/mol. The summed E-state index contributed by atoms with van der Waals surface area (Å²) in [5.41, 5.74) is 1.21. The molecule has 0 fully saturated rings. The quantitative estimate of drug-likeness (QED) is 0.794. The van der Waals surface area contributed by atoms with Crippen molar-refractivity contribution in [3.8, 4) is 11.5 Å². The number of benzene rings is 2. The molecule has 0 N–H and O–H groups in total. The van der Waals surface area contributed by atoms with Gasteiger partial charge >= 0.3 is 0 Å². The average molecular weight is 230 g/mol. The van der Waals surface area contributed by atoms with Gasteiger partial charge in [-0.2, -0.15) is 0 Å². The zero-order valence-corrected chi connectivity index (χ0v) is 10.8. The molecule has 0 radical (unpaired) electrons. The van der Waals surface area contributed by atoms with Crippen LogP contribution in [0, 0.1) is 0 Å². The first kappa shape index (κ1) is 11.8. The lowest BCUT2D eigenvalue weighted by atomic mass is 9.97. The lowest BCUT2D eigenvalue weighted by molar-refractivity contribution is 0.401. The van der Waals surface area contributed by atoms with Crippen molar-refractivity contribution >= 4 is 10.8 Å². The van der Waals surface area contributed by atoms with Crippen LogP contribution < -0.4 is 9.47 Å². The molecule has 0 saturated carbocycles. The second kappa shape index (κ2) is 4.66. The molecule has 2 aromatic rings. The molecule has 0 atom stereocenters. The minimum absolute atomic E-state index is 0.430. The third kappa shape index (κ3) is 1.95. The van der Waals surface area contributed by atoms with Gasteiger partial charge < -0.3 is 9.47 Å². The Labute approximate surface area is 102 Å². The number of methoxy groups -OCH3 is 2. The number of hydrogen-bond donors (Lipinski definition) is 0. The number of fused-ring (bicyclic) bond motifs is 1. The summed E-state index contributed by atoms with van der Waals surface area (Å²) in [4.78, 5) is 0. The summed E-state index contributed by atoms with van der Waals surface area (Å²) in [5, 5.41) is 2.20. The Hall–Kier alpha value is -1.70. The fourth-order valence-electron chi connectivity index (χ4n) is 2.17. The number of rotatable bonds is 3. The van der Waals surface area contributed by atoms with Gasteiger partial charge in [-0.15, -0.1) is 0 Å². The normalized spacial score (nSPS) is 10.9. The van der Waals surface area contributed by atoms with Gasteiger partial charge in [0.1, 0.15) is 11.5 Å². The molecule has 0 heterocycles. The summed E-state index contributed by atoms with van der Waals surface area (Å²) in [6.07, 6.45) is 0. The van der Waals surface area contributed by atoms with Gasteiger partial charge in [-0.05, 0) is 22.9 Å². The van der Waals surface area contributed by atoms with E-state index < -0.39 is 0 Å². The van der Waals surface area contributed by atoms with E-state index >= 15 is 0 Å². The Kier molecular flexibility index (Phi) is 3.23. The number of ether oxygens (including phenoxy) is 2. The van der Waals surface area contributed by atoms with Gasteiger partial charge in [-0.25, -0.2) is 0 Å². The molecule has 2 aromatic carbocycles. The first-order valence-corrected chi connectivity index (χ1v) is 5.82. The third-order valence-electron chi connectivity index (χ3n) is 3.04. The van der Waals surface area contributed by atoms with Gasteiger partial charge in [0.05, 0.1) is 19.6 Å². The van der Waals surface area contributed by atoms with E-state index in [4.69, 9.17) is 9.47 Å². The summed E-state index contributed by atoms with van der Waals surface area (Å²) in [7, 11) is 3.41. The molecule has 0 amide bonds. The molecule has 0 aliphatic rings. The SMILES string of the molecule is COc1cccc2ccc(C(C)C)c(OC)c12. The van der Waals surface area contributed by atoms with Crippen molar-refractivity contribution in [2.24, 2.45) is 0 Å².